The summed E-state index contributed by atoms with van der Waals surface area (Å²) in [6.45, 7) is -0.130. The average Bonchev–Trinajstić information content (AvgIpc) is 2.26. The molecule has 0 unspecified atom stereocenters. The Kier molecular flexibility index (Phi) is 4.71. The first kappa shape index (κ1) is 12.1. The summed E-state index contributed by atoms with van der Waals surface area (Å²) in [5, 5.41) is 10.2. The smallest absolute Gasteiger partial charge is 0.178 e. The minimum atomic E-state index is -3.18. The van der Waals surface area contributed by atoms with Gasteiger partial charge in [0.1, 0.15) is 0 Å². The van der Waals surface area contributed by atoms with E-state index in [2.05, 4.69) is 4.98 Å². The van der Waals surface area contributed by atoms with E-state index in [1.807, 2.05) is 0 Å². The Morgan fingerprint density at radius 3 is 2.33 bits per heavy atom. The van der Waals surface area contributed by atoms with Gasteiger partial charge < -0.3 is 0 Å². The molecule has 1 aromatic heterocycles. The lowest BCUT2D eigenvalue weighted by Crippen LogP contribution is -2.06. The van der Waals surface area contributed by atoms with Crippen LogP contribution in [0.2, 0.25) is 0 Å². The average molecular weight is 228 g/mol. The first-order valence-corrected chi connectivity index (χ1v) is 6.53. The number of pyridine rings is 1. The third kappa shape index (κ3) is 3.97. The molecule has 1 radical (unpaired) electrons. The maximum Gasteiger partial charge on any atom is 0.178 e. The highest BCUT2D eigenvalue weighted by molar-refractivity contribution is 7.91. The van der Waals surface area contributed by atoms with Gasteiger partial charge in [0.2, 0.25) is 0 Å². The zero-order valence-corrected chi connectivity index (χ0v) is 9.24. The van der Waals surface area contributed by atoms with Gasteiger partial charge in [-0.1, -0.05) is 6.42 Å². The predicted octanol–water partition coefficient (Wildman–Crippen LogP) is 1.46. The molecule has 0 saturated heterocycles. The van der Waals surface area contributed by atoms with Gasteiger partial charge in [-0.3, -0.25) is 4.98 Å². The molecule has 5 heteroatoms. The second-order valence-corrected chi connectivity index (χ2v) is 5.38. The van der Waals surface area contributed by atoms with Crippen molar-refractivity contribution < 1.29 is 13.5 Å². The van der Waals surface area contributed by atoms with Crippen LogP contribution in [0.25, 0.3) is 0 Å². The largest absolute Gasteiger partial charge is 0.265 e. The molecule has 0 aromatic carbocycles. The zero-order valence-electron chi connectivity index (χ0n) is 8.43. The van der Waals surface area contributed by atoms with Crippen LogP contribution >= 0.6 is 0 Å². The van der Waals surface area contributed by atoms with Crippen molar-refractivity contribution in [3.63, 3.8) is 0 Å². The van der Waals surface area contributed by atoms with Crippen molar-refractivity contribution in [2.24, 2.45) is 0 Å². The molecule has 1 aromatic rings. The van der Waals surface area contributed by atoms with Crippen molar-refractivity contribution in [1.82, 2.24) is 4.98 Å². The quantitative estimate of drug-likeness (QED) is 0.692. The summed E-state index contributed by atoms with van der Waals surface area (Å²) in [4.78, 5) is 4.07. The molecule has 0 saturated carbocycles. The number of unbranched alkanes of at least 4 members (excludes halogenated alkanes) is 2. The molecule has 1 rings (SSSR count). The molecule has 0 N–H and O–H groups in total. The third-order valence-corrected chi connectivity index (χ3v) is 3.88. The van der Waals surface area contributed by atoms with Crippen molar-refractivity contribution in [2.45, 2.75) is 24.2 Å². The van der Waals surface area contributed by atoms with E-state index in [1.54, 1.807) is 0 Å². The number of hydrogen-bond donors (Lipinski definition) is 0. The summed E-state index contributed by atoms with van der Waals surface area (Å²) >= 11 is 0. The fraction of sp³-hybridized carbons (Fsp3) is 0.500. The van der Waals surface area contributed by atoms with E-state index in [0.717, 1.165) is 0 Å². The molecule has 0 atom stereocenters. The predicted molar refractivity (Wildman–Crippen MR) is 55.7 cm³/mol. The Morgan fingerprint density at radius 1 is 1.07 bits per heavy atom. The van der Waals surface area contributed by atoms with Crippen LogP contribution in [0.3, 0.4) is 0 Å². The van der Waals surface area contributed by atoms with E-state index in [4.69, 9.17) is 0 Å². The lowest BCUT2D eigenvalue weighted by atomic mass is 10.3. The molecule has 0 aliphatic rings. The number of aromatic nitrogens is 1. The van der Waals surface area contributed by atoms with E-state index in [0.29, 0.717) is 24.2 Å². The van der Waals surface area contributed by atoms with Gasteiger partial charge in [0.05, 0.1) is 17.3 Å². The summed E-state index contributed by atoms with van der Waals surface area (Å²) in [5.41, 5.74) is 0. The Morgan fingerprint density at radius 2 is 1.73 bits per heavy atom. The number of sulfone groups is 1. The number of rotatable bonds is 6. The standard InChI is InChI=1S/C10H14NO3S/c12-8-2-1-3-9-15(13,14)10-4-6-11-7-5-10/h4-7H,1-3,8-9H2. The van der Waals surface area contributed by atoms with Crippen molar-refractivity contribution in [3.8, 4) is 0 Å². The van der Waals surface area contributed by atoms with Crippen LogP contribution in [0.15, 0.2) is 29.4 Å². The first-order chi connectivity index (χ1) is 7.17. The van der Waals surface area contributed by atoms with E-state index >= 15 is 0 Å². The summed E-state index contributed by atoms with van der Waals surface area (Å²) in [6.07, 6.45) is 4.70. The van der Waals surface area contributed by atoms with E-state index in [9.17, 15) is 13.5 Å². The highest BCUT2D eigenvalue weighted by atomic mass is 32.2. The minimum absolute atomic E-state index is 0.108. The fourth-order valence-electron chi connectivity index (χ4n) is 1.23. The van der Waals surface area contributed by atoms with Crippen LogP contribution in [0, 0.1) is 0 Å². The molecule has 0 bridgehead atoms. The van der Waals surface area contributed by atoms with Gasteiger partial charge in [-0.05, 0) is 25.0 Å². The Hall–Kier alpha value is -0.940. The SMILES string of the molecule is [O]CCCCCS(=O)(=O)c1ccncc1. The molecule has 4 nitrogen and oxygen atoms in total. The molecular weight excluding hydrogens is 214 g/mol. The maximum absolute atomic E-state index is 11.7. The molecule has 83 valence electrons. The van der Waals surface area contributed by atoms with Gasteiger partial charge in [0, 0.05) is 12.4 Å². The van der Waals surface area contributed by atoms with Gasteiger partial charge in [-0.2, -0.15) is 0 Å². The van der Waals surface area contributed by atoms with E-state index < -0.39 is 9.84 Å². The van der Waals surface area contributed by atoms with Crippen molar-refractivity contribution in [3.05, 3.63) is 24.5 Å². The van der Waals surface area contributed by atoms with Crippen LogP contribution in [0.4, 0.5) is 0 Å². The highest BCUT2D eigenvalue weighted by Crippen LogP contribution is 2.11. The van der Waals surface area contributed by atoms with Crippen LogP contribution in [-0.4, -0.2) is 25.8 Å². The van der Waals surface area contributed by atoms with Crippen LogP contribution in [0.5, 0.6) is 0 Å². The monoisotopic (exact) mass is 228 g/mol. The maximum atomic E-state index is 11.7. The lowest BCUT2D eigenvalue weighted by Gasteiger charge is -2.02. The highest BCUT2D eigenvalue weighted by Gasteiger charge is 2.12. The van der Waals surface area contributed by atoms with Gasteiger partial charge in [-0.15, -0.1) is 0 Å². The lowest BCUT2D eigenvalue weighted by molar-refractivity contribution is 0.186. The van der Waals surface area contributed by atoms with Crippen LogP contribution < -0.4 is 0 Å². The Labute approximate surface area is 89.9 Å². The minimum Gasteiger partial charge on any atom is -0.265 e. The molecule has 0 spiro atoms. The van der Waals surface area contributed by atoms with Crippen molar-refractivity contribution >= 4 is 9.84 Å². The van der Waals surface area contributed by atoms with E-state index in [1.165, 1.54) is 24.5 Å². The van der Waals surface area contributed by atoms with Gasteiger partial charge in [0.25, 0.3) is 0 Å². The number of hydrogen-bond acceptors (Lipinski definition) is 3. The Balaban J connectivity index is 2.53. The molecule has 0 aliphatic heterocycles. The normalized spacial score (nSPS) is 11.5. The number of nitrogens with zero attached hydrogens (tertiary/aromatic N) is 1. The second-order valence-electron chi connectivity index (χ2n) is 3.27. The van der Waals surface area contributed by atoms with E-state index in [-0.39, 0.29) is 12.4 Å². The topological polar surface area (TPSA) is 66.9 Å². The summed E-state index contributed by atoms with van der Waals surface area (Å²) in [7, 11) is -3.18. The first-order valence-electron chi connectivity index (χ1n) is 4.88. The van der Waals surface area contributed by atoms with Crippen LogP contribution in [0.1, 0.15) is 19.3 Å². The fourth-order valence-corrected chi connectivity index (χ4v) is 2.59. The molecule has 0 aliphatic carbocycles. The second kappa shape index (κ2) is 5.82. The molecule has 15 heavy (non-hydrogen) atoms. The zero-order chi connectivity index (χ0) is 11.1. The molecule has 0 amide bonds. The summed E-state index contributed by atoms with van der Waals surface area (Å²) in [5.74, 6) is 0.108. The molecule has 0 fully saturated rings. The van der Waals surface area contributed by atoms with Gasteiger partial charge >= 0.3 is 0 Å². The third-order valence-electron chi connectivity index (χ3n) is 2.07. The summed E-state index contributed by atoms with van der Waals surface area (Å²) < 4.78 is 23.4. The summed E-state index contributed by atoms with van der Waals surface area (Å²) in [6, 6.07) is 2.98. The van der Waals surface area contributed by atoms with Crippen molar-refractivity contribution in [2.75, 3.05) is 12.4 Å². The van der Waals surface area contributed by atoms with Crippen LogP contribution in [-0.2, 0) is 14.9 Å². The van der Waals surface area contributed by atoms with Gasteiger partial charge in [-0.25, -0.2) is 13.5 Å². The van der Waals surface area contributed by atoms with Gasteiger partial charge in [0.15, 0.2) is 9.84 Å². The molecule has 1 heterocycles. The molecular formula is C10H14NO3S. The Bertz CT molecular complexity index is 375. The van der Waals surface area contributed by atoms with Crippen molar-refractivity contribution in [1.29, 1.82) is 0 Å².